The van der Waals surface area contributed by atoms with Crippen LogP contribution in [-0.2, 0) is 13.1 Å². The average molecular weight is 408 g/mol. The molecule has 0 bridgehead atoms. The number of halogens is 2. The van der Waals surface area contributed by atoms with Gasteiger partial charge >= 0.3 is 0 Å². The number of anilines is 2. The van der Waals surface area contributed by atoms with Gasteiger partial charge in [-0.05, 0) is 53.0 Å². The van der Waals surface area contributed by atoms with Gasteiger partial charge in [0.05, 0.1) is 0 Å². The van der Waals surface area contributed by atoms with Crippen molar-refractivity contribution in [3.05, 3.63) is 94.9 Å². The lowest BCUT2D eigenvalue weighted by Crippen LogP contribution is -2.03. The molecule has 0 aliphatic heterocycles. The summed E-state index contributed by atoms with van der Waals surface area (Å²) in [6.07, 6.45) is 0. The largest absolute Gasteiger partial charge is 0.381 e. The number of aromatic nitrogens is 2. The first-order chi connectivity index (χ1) is 14.2. The van der Waals surface area contributed by atoms with Crippen molar-refractivity contribution in [1.29, 1.82) is 0 Å². The van der Waals surface area contributed by atoms with E-state index in [0.29, 0.717) is 18.7 Å². The minimum atomic E-state index is -0.575. The van der Waals surface area contributed by atoms with Crippen molar-refractivity contribution in [1.82, 2.24) is 9.59 Å². The van der Waals surface area contributed by atoms with Crippen molar-refractivity contribution in [3.8, 4) is 11.3 Å². The maximum absolute atomic E-state index is 13.3. The zero-order valence-corrected chi connectivity index (χ0v) is 16.2. The lowest BCUT2D eigenvalue weighted by atomic mass is 10.1. The van der Waals surface area contributed by atoms with Gasteiger partial charge in [-0.15, -0.1) is 5.10 Å². The van der Waals surface area contributed by atoms with Crippen LogP contribution in [0.1, 0.15) is 11.1 Å². The number of nitrogens with one attached hydrogen (secondary N) is 2. The maximum Gasteiger partial charge on any atom is 0.126 e. The molecular weight excluding hydrogens is 390 g/mol. The Bertz CT molecular complexity index is 1060. The van der Waals surface area contributed by atoms with Crippen LogP contribution in [0.2, 0.25) is 0 Å². The van der Waals surface area contributed by atoms with Crippen LogP contribution in [0, 0.1) is 11.6 Å². The Morgan fingerprint density at radius 3 is 2.03 bits per heavy atom. The molecule has 0 radical (unpaired) electrons. The Labute approximate surface area is 171 Å². The molecule has 0 aliphatic carbocycles. The van der Waals surface area contributed by atoms with Gasteiger partial charge in [-0.1, -0.05) is 34.8 Å². The summed E-state index contributed by atoms with van der Waals surface area (Å²) >= 11 is 1.33. The van der Waals surface area contributed by atoms with E-state index in [-0.39, 0.29) is 0 Å². The second kappa shape index (κ2) is 8.79. The van der Waals surface area contributed by atoms with Crippen molar-refractivity contribution < 1.29 is 8.78 Å². The average Bonchev–Trinajstić information content (AvgIpc) is 3.26. The van der Waals surface area contributed by atoms with Crippen LogP contribution in [-0.4, -0.2) is 9.59 Å². The molecule has 1 heterocycles. The first-order valence-electron chi connectivity index (χ1n) is 9.05. The van der Waals surface area contributed by atoms with E-state index in [9.17, 15) is 8.78 Å². The minimum absolute atomic E-state index is 0.338. The van der Waals surface area contributed by atoms with Crippen molar-refractivity contribution in [3.63, 3.8) is 0 Å². The van der Waals surface area contributed by atoms with Crippen LogP contribution in [0.3, 0.4) is 0 Å². The molecule has 0 spiro atoms. The quantitative estimate of drug-likeness (QED) is 0.411. The highest BCUT2D eigenvalue weighted by atomic mass is 32.1. The maximum atomic E-state index is 13.3. The summed E-state index contributed by atoms with van der Waals surface area (Å²) in [4.78, 5) is 0. The standard InChI is InChI=1S/C22H18F2N4S/c23-18-8-16(9-19(24)10-18)13-26-21-3-1-2-20(11-21)25-12-15-4-6-17(7-5-15)22-14-29-28-27-22/h1-11,14,25-26H,12-13H2. The summed E-state index contributed by atoms with van der Waals surface area (Å²) < 4.78 is 30.5. The lowest BCUT2D eigenvalue weighted by molar-refractivity contribution is 0.580. The SMILES string of the molecule is Fc1cc(F)cc(CNc2cccc(NCc3ccc(-c4csnn4)cc3)c2)c1. The van der Waals surface area contributed by atoms with Gasteiger partial charge in [0.1, 0.15) is 17.3 Å². The Morgan fingerprint density at radius 1 is 0.759 bits per heavy atom. The molecule has 4 rings (SSSR count). The highest BCUT2D eigenvalue weighted by Gasteiger charge is 2.03. The molecule has 0 unspecified atom stereocenters. The lowest BCUT2D eigenvalue weighted by Gasteiger charge is -2.11. The summed E-state index contributed by atoms with van der Waals surface area (Å²) in [5.74, 6) is -1.15. The Morgan fingerprint density at radius 2 is 1.41 bits per heavy atom. The molecule has 0 atom stereocenters. The summed E-state index contributed by atoms with van der Waals surface area (Å²) in [6, 6.07) is 19.5. The fourth-order valence-electron chi connectivity index (χ4n) is 2.94. The molecule has 0 fully saturated rings. The number of hydrogen-bond acceptors (Lipinski definition) is 5. The molecule has 2 N–H and O–H groups in total. The molecule has 4 nitrogen and oxygen atoms in total. The van der Waals surface area contributed by atoms with Crippen molar-refractivity contribution in [2.24, 2.45) is 0 Å². The molecule has 0 saturated heterocycles. The van der Waals surface area contributed by atoms with Crippen molar-refractivity contribution in [2.75, 3.05) is 10.6 Å². The smallest absolute Gasteiger partial charge is 0.126 e. The van der Waals surface area contributed by atoms with Gasteiger partial charge in [-0.2, -0.15) is 0 Å². The van der Waals surface area contributed by atoms with E-state index >= 15 is 0 Å². The van der Waals surface area contributed by atoms with Crippen molar-refractivity contribution >= 4 is 22.9 Å². The fourth-order valence-corrected chi connectivity index (χ4v) is 3.41. The molecule has 1 aromatic heterocycles. The number of benzene rings is 3. The predicted molar refractivity (Wildman–Crippen MR) is 113 cm³/mol. The van der Waals surface area contributed by atoms with Gasteiger partial charge in [0.25, 0.3) is 0 Å². The third kappa shape index (κ3) is 5.14. The highest BCUT2D eigenvalue weighted by molar-refractivity contribution is 7.03. The first kappa shape index (κ1) is 19.0. The van der Waals surface area contributed by atoms with E-state index in [2.05, 4.69) is 32.4 Å². The number of hydrogen-bond donors (Lipinski definition) is 2. The van der Waals surface area contributed by atoms with Crippen LogP contribution in [0.25, 0.3) is 11.3 Å². The third-order valence-electron chi connectivity index (χ3n) is 4.39. The van der Waals surface area contributed by atoms with Crippen LogP contribution < -0.4 is 10.6 Å². The minimum Gasteiger partial charge on any atom is -0.381 e. The Kier molecular flexibility index (Phi) is 5.76. The van der Waals surface area contributed by atoms with Gasteiger partial charge in [0.15, 0.2) is 0 Å². The van der Waals surface area contributed by atoms with Crippen LogP contribution in [0.4, 0.5) is 20.2 Å². The molecule has 0 saturated carbocycles. The van der Waals surface area contributed by atoms with Crippen LogP contribution in [0.5, 0.6) is 0 Å². The summed E-state index contributed by atoms with van der Waals surface area (Å²) in [7, 11) is 0. The normalized spacial score (nSPS) is 10.7. The van der Waals surface area contributed by atoms with Crippen molar-refractivity contribution in [2.45, 2.75) is 13.1 Å². The van der Waals surface area contributed by atoms with Gasteiger partial charge in [0, 0.05) is 41.5 Å². The second-order valence-electron chi connectivity index (χ2n) is 6.55. The van der Waals surface area contributed by atoms with E-state index in [4.69, 9.17) is 0 Å². The molecule has 3 aromatic carbocycles. The molecule has 7 heteroatoms. The van der Waals surface area contributed by atoms with Crippen LogP contribution >= 0.6 is 11.5 Å². The number of rotatable bonds is 7. The highest BCUT2D eigenvalue weighted by Crippen LogP contribution is 2.20. The third-order valence-corrected chi connectivity index (χ3v) is 4.89. The van der Waals surface area contributed by atoms with E-state index in [1.165, 1.54) is 23.7 Å². The predicted octanol–water partition coefficient (Wildman–Crippen LogP) is 5.71. The molecule has 4 aromatic rings. The topological polar surface area (TPSA) is 49.8 Å². The van der Waals surface area contributed by atoms with Gasteiger partial charge < -0.3 is 10.6 Å². The zero-order valence-electron chi connectivity index (χ0n) is 15.4. The van der Waals surface area contributed by atoms with E-state index in [1.54, 1.807) is 0 Å². The summed E-state index contributed by atoms with van der Waals surface area (Å²) in [5.41, 5.74) is 5.44. The summed E-state index contributed by atoms with van der Waals surface area (Å²) in [5, 5.41) is 12.6. The van der Waals surface area contributed by atoms with Crippen LogP contribution in [0.15, 0.2) is 72.1 Å². The Hall–Kier alpha value is -3.32. The van der Waals surface area contributed by atoms with E-state index in [0.717, 1.165) is 34.3 Å². The molecule has 29 heavy (non-hydrogen) atoms. The van der Waals surface area contributed by atoms with Gasteiger partial charge in [-0.25, -0.2) is 8.78 Å². The zero-order chi connectivity index (χ0) is 20.1. The molecule has 0 aliphatic rings. The molecule has 146 valence electrons. The number of nitrogens with zero attached hydrogens (tertiary/aromatic N) is 2. The van der Waals surface area contributed by atoms with Gasteiger partial charge in [0.2, 0.25) is 0 Å². The van der Waals surface area contributed by atoms with E-state index in [1.807, 2.05) is 41.8 Å². The monoisotopic (exact) mass is 408 g/mol. The van der Waals surface area contributed by atoms with E-state index < -0.39 is 11.6 Å². The first-order valence-corrected chi connectivity index (χ1v) is 9.88. The fraction of sp³-hybridized carbons (Fsp3) is 0.0909. The summed E-state index contributed by atoms with van der Waals surface area (Å²) in [6.45, 7) is 1.01. The Balaban J connectivity index is 1.35. The second-order valence-corrected chi connectivity index (χ2v) is 7.16. The van der Waals surface area contributed by atoms with Gasteiger partial charge in [-0.3, -0.25) is 0 Å². The molecular formula is C22H18F2N4S. The molecule has 0 amide bonds.